The smallest absolute Gasteiger partial charge is 0.262 e. The van der Waals surface area contributed by atoms with Gasteiger partial charge in [-0.2, -0.15) is 5.26 Å². The number of hydrogen-bond donors (Lipinski definition) is 1. The Bertz CT molecular complexity index is 498. The number of amides is 1. The molecule has 0 saturated heterocycles. The molecule has 0 aliphatic heterocycles. The molecule has 0 heterocycles. The number of hydrogen-bond acceptors (Lipinski definition) is 3. The third-order valence-corrected chi connectivity index (χ3v) is 3.17. The quantitative estimate of drug-likeness (QED) is 0.902. The fourth-order valence-electron chi connectivity index (χ4n) is 1.35. The van der Waals surface area contributed by atoms with Crippen molar-refractivity contribution in [3.8, 4) is 11.8 Å². The summed E-state index contributed by atoms with van der Waals surface area (Å²) in [6.45, 7) is 5.13. The van der Waals surface area contributed by atoms with E-state index in [0.29, 0.717) is 17.2 Å². The molecule has 5 heteroatoms. The number of para-hydroxylation sites is 1. The summed E-state index contributed by atoms with van der Waals surface area (Å²) in [4.78, 5) is 12.0. The van der Waals surface area contributed by atoms with Crippen LogP contribution in [0.1, 0.15) is 27.2 Å². The number of nitriles is 1. The molecule has 1 aromatic carbocycles. The fraction of sp³-hybridized carbons (Fsp3) is 0.429. The molecular formula is C14H17ClN2O2. The van der Waals surface area contributed by atoms with Gasteiger partial charge < -0.3 is 10.1 Å². The van der Waals surface area contributed by atoms with Crippen molar-refractivity contribution < 1.29 is 9.53 Å². The second kappa shape index (κ2) is 6.44. The van der Waals surface area contributed by atoms with Crippen LogP contribution in [0.4, 0.5) is 0 Å². The molecule has 1 N–H and O–H groups in total. The molecule has 19 heavy (non-hydrogen) atoms. The lowest BCUT2D eigenvalue weighted by Crippen LogP contribution is -2.49. The fourth-order valence-corrected chi connectivity index (χ4v) is 1.53. The minimum absolute atomic E-state index is 0.342. The maximum absolute atomic E-state index is 12.0. The van der Waals surface area contributed by atoms with Gasteiger partial charge in [0.1, 0.15) is 11.3 Å². The Kier molecular flexibility index (Phi) is 5.20. The predicted molar refractivity (Wildman–Crippen MR) is 74.0 cm³/mol. The Morgan fingerprint density at radius 2 is 2.21 bits per heavy atom. The molecule has 0 aromatic heterocycles. The molecule has 0 saturated carbocycles. The zero-order valence-corrected chi connectivity index (χ0v) is 12.0. The first kappa shape index (κ1) is 15.3. The van der Waals surface area contributed by atoms with E-state index < -0.39 is 11.6 Å². The molecule has 0 spiro atoms. The first-order valence-corrected chi connectivity index (χ1v) is 6.44. The molecule has 1 aromatic rings. The van der Waals surface area contributed by atoms with Crippen LogP contribution in [0.25, 0.3) is 0 Å². The van der Waals surface area contributed by atoms with E-state index in [4.69, 9.17) is 21.6 Å². The summed E-state index contributed by atoms with van der Waals surface area (Å²) in [5, 5.41) is 12.1. The Labute approximate surface area is 118 Å². The van der Waals surface area contributed by atoms with Gasteiger partial charge in [-0.1, -0.05) is 30.7 Å². The maximum Gasteiger partial charge on any atom is 0.262 e. The molecule has 102 valence electrons. The Morgan fingerprint density at radius 1 is 1.58 bits per heavy atom. The highest BCUT2D eigenvalue weighted by Gasteiger charge is 2.27. The van der Waals surface area contributed by atoms with Gasteiger partial charge in [-0.15, -0.1) is 0 Å². The van der Waals surface area contributed by atoms with Gasteiger partial charge in [-0.3, -0.25) is 4.79 Å². The zero-order chi connectivity index (χ0) is 14.5. The average molecular weight is 281 g/mol. The molecule has 1 amide bonds. The zero-order valence-electron chi connectivity index (χ0n) is 11.2. The van der Waals surface area contributed by atoms with E-state index in [1.54, 1.807) is 38.1 Å². The molecule has 4 nitrogen and oxygen atoms in total. The second-order valence-corrected chi connectivity index (χ2v) is 4.88. The Hall–Kier alpha value is -1.73. The lowest BCUT2D eigenvalue weighted by molar-refractivity contribution is -0.128. The van der Waals surface area contributed by atoms with Crippen LogP contribution in [0, 0.1) is 11.3 Å². The number of halogens is 1. The first-order chi connectivity index (χ1) is 8.91. The molecule has 1 rings (SSSR count). The summed E-state index contributed by atoms with van der Waals surface area (Å²) in [7, 11) is 0. The van der Waals surface area contributed by atoms with Gasteiger partial charge >= 0.3 is 0 Å². The standard InChI is InChI=1S/C14H17ClN2O2/c1-4-14(3,9-16)17-13(18)10(2)19-12-8-6-5-7-11(12)15/h5-8,10H,4H2,1-3H3,(H,17,18)/t10-,14-/m0/s1. The SMILES string of the molecule is CC[C@@](C)(C#N)NC(=O)[C@H](C)Oc1ccccc1Cl. The van der Waals surface area contributed by atoms with Gasteiger partial charge in [0.2, 0.25) is 0 Å². The van der Waals surface area contributed by atoms with E-state index in [9.17, 15) is 4.79 Å². The van der Waals surface area contributed by atoms with Crippen molar-refractivity contribution in [3.63, 3.8) is 0 Å². The van der Waals surface area contributed by atoms with Crippen molar-refractivity contribution in [2.45, 2.75) is 38.8 Å². The van der Waals surface area contributed by atoms with Gasteiger partial charge in [0.25, 0.3) is 5.91 Å². The summed E-state index contributed by atoms with van der Waals surface area (Å²) in [6.07, 6.45) is -0.201. The molecule has 0 unspecified atom stereocenters. The molecule has 0 aliphatic rings. The lowest BCUT2D eigenvalue weighted by Gasteiger charge is -2.24. The Morgan fingerprint density at radius 3 is 2.74 bits per heavy atom. The summed E-state index contributed by atoms with van der Waals surface area (Å²) in [6, 6.07) is 9.01. The molecule has 0 radical (unpaired) electrons. The van der Waals surface area contributed by atoms with Crippen LogP contribution in [0.3, 0.4) is 0 Å². The molecule has 0 aliphatic carbocycles. The van der Waals surface area contributed by atoms with Crippen LogP contribution in [0.5, 0.6) is 5.75 Å². The van der Waals surface area contributed by atoms with Crippen molar-refractivity contribution >= 4 is 17.5 Å². The van der Waals surface area contributed by atoms with Crippen LogP contribution in [-0.4, -0.2) is 17.6 Å². The maximum atomic E-state index is 12.0. The highest BCUT2D eigenvalue weighted by Crippen LogP contribution is 2.24. The van der Waals surface area contributed by atoms with Crippen molar-refractivity contribution in [1.29, 1.82) is 5.26 Å². The largest absolute Gasteiger partial charge is 0.479 e. The average Bonchev–Trinajstić information content (AvgIpc) is 2.41. The minimum Gasteiger partial charge on any atom is -0.479 e. The third kappa shape index (κ3) is 4.15. The van der Waals surface area contributed by atoms with Gasteiger partial charge in [0.05, 0.1) is 11.1 Å². The van der Waals surface area contributed by atoms with E-state index >= 15 is 0 Å². The molecule has 2 atom stereocenters. The van der Waals surface area contributed by atoms with E-state index in [1.807, 2.05) is 6.92 Å². The van der Waals surface area contributed by atoms with Crippen molar-refractivity contribution in [2.75, 3.05) is 0 Å². The first-order valence-electron chi connectivity index (χ1n) is 6.06. The number of nitrogens with zero attached hydrogens (tertiary/aromatic N) is 1. The van der Waals surface area contributed by atoms with Crippen LogP contribution < -0.4 is 10.1 Å². The summed E-state index contributed by atoms with van der Waals surface area (Å²) in [5.41, 5.74) is -0.880. The van der Waals surface area contributed by atoms with Crippen molar-refractivity contribution in [2.24, 2.45) is 0 Å². The van der Waals surface area contributed by atoms with E-state index in [1.165, 1.54) is 0 Å². The van der Waals surface area contributed by atoms with Gasteiger partial charge in [-0.25, -0.2) is 0 Å². The van der Waals surface area contributed by atoms with Crippen LogP contribution in [0.2, 0.25) is 5.02 Å². The normalized spacial score (nSPS) is 14.9. The highest BCUT2D eigenvalue weighted by molar-refractivity contribution is 6.32. The number of benzene rings is 1. The lowest BCUT2D eigenvalue weighted by atomic mass is 10.0. The number of ether oxygens (including phenoxy) is 1. The Balaban J connectivity index is 2.69. The van der Waals surface area contributed by atoms with Crippen LogP contribution >= 0.6 is 11.6 Å². The number of carbonyl (C=O) groups is 1. The molecular weight excluding hydrogens is 264 g/mol. The topological polar surface area (TPSA) is 62.1 Å². The van der Waals surface area contributed by atoms with Crippen molar-refractivity contribution in [1.82, 2.24) is 5.32 Å². The van der Waals surface area contributed by atoms with Crippen molar-refractivity contribution in [3.05, 3.63) is 29.3 Å². The molecule has 0 bridgehead atoms. The van der Waals surface area contributed by atoms with Gasteiger partial charge in [0, 0.05) is 0 Å². The minimum atomic E-state index is -0.880. The summed E-state index contributed by atoms with van der Waals surface area (Å²) in [5.74, 6) is 0.104. The van der Waals surface area contributed by atoms with E-state index in [-0.39, 0.29) is 5.91 Å². The number of rotatable bonds is 5. The third-order valence-electron chi connectivity index (χ3n) is 2.86. The second-order valence-electron chi connectivity index (χ2n) is 4.48. The summed E-state index contributed by atoms with van der Waals surface area (Å²) < 4.78 is 5.49. The highest BCUT2D eigenvalue weighted by atomic mass is 35.5. The van der Waals surface area contributed by atoms with Gasteiger partial charge in [-0.05, 0) is 32.4 Å². The van der Waals surface area contributed by atoms with E-state index in [0.717, 1.165) is 0 Å². The number of carbonyl (C=O) groups excluding carboxylic acids is 1. The molecule has 0 fully saturated rings. The summed E-state index contributed by atoms with van der Waals surface area (Å²) >= 11 is 5.95. The van der Waals surface area contributed by atoms with E-state index in [2.05, 4.69) is 11.4 Å². The predicted octanol–water partition coefficient (Wildman–Crippen LogP) is 2.92. The number of nitrogens with one attached hydrogen (secondary N) is 1. The van der Waals surface area contributed by atoms with Crippen LogP contribution in [-0.2, 0) is 4.79 Å². The monoisotopic (exact) mass is 280 g/mol. The van der Waals surface area contributed by atoms with Crippen LogP contribution in [0.15, 0.2) is 24.3 Å². The van der Waals surface area contributed by atoms with Gasteiger partial charge in [0.15, 0.2) is 6.10 Å².